The van der Waals surface area contributed by atoms with Gasteiger partial charge in [0, 0.05) is 12.5 Å². The molecule has 0 radical (unpaired) electrons. The van der Waals surface area contributed by atoms with E-state index in [4.69, 9.17) is 22.4 Å². The van der Waals surface area contributed by atoms with E-state index in [1.807, 2.05) is 6.92 Å². The zero-order valence-corrected chi connectivity index (χ0v) is 9.56. The fourth-order valence-corrected chi connectivity index (χ4v) is 1.07. The van der Waals surface area contributed by atoms with Crippen LogP contribution in [0.25, 0.3) is 0 Å². The van der Waals surface area contributed by atoms with Gasteiger partial charge in [-0.15, -0.1) is 0 Å². The lowest BCUT2D eigenvalue weighted by atomic mass is 10.2. The summed E-state index contributed by atoms with van der Waals surface area (Å²) in [5.41, 5.74) is 5.42. The summed E-state index contributed by atoms with van der Waals surface area (Å²) in [7, 11) is 0. The van der Waals surface area contributed by atoms with E-state index >= 15 is 0 Å². The summed E-state index contributed by atoms with van der Waals surface area (Å²) in [5, 5.41) is 2.69. The van der Waals surface area contributed by atoms with Gasteiger partial charge in [-0.2, -0.15) is 0 Å². The van der Waals surface area contributed by atoms with Crippen molar-refractivity contribution in [2.75, 3.05) is 6.54 Å². The molecule has 0 saturated heterocycles. The van der Waals surface area contributed by atoms with E-state index < -0.39 is 0 Å². The molecule has 0 saturated carbocycles. The van der Waals surface area contributed by atoms with Crippen molar-refractivity contribution in [3.63, 3.8) is 0 Å². The van der Waals surface area contributed by atoms with Gasteiger partial charge in [-0.1, -0.05) is 19.1 Å². The summed E-state index contributed by atoms with van der Waals surface area (Å²) in [6.07, 6.45) is 0. The first-order valence-corrected chi connectivity index (χ1v) is 5.05. The maximum Gasteiger partial charge on any atom is 0.287 e. The summed E-state index contributed by atoms with van der Waals surface area (Å²) in [6.45, 7) is 4.07. The predicted molar refractivity (Wildman–Crippen MR) is 61.7 cm³/mol. The number of carbonyl (C=O) groups is 1. The van der Waals surface area contributed by atoms with Crippen molar-refractivity contribution in [2.45, 2.75) is 13.8 Å². The van der Waals surface area contributed by atoms with Crippen molar-refractivity contribution in [2.24, 2.45) is 11.7 Å². The molecule has 4 nitrogen and oxygen atoms in total. The second-order valence-corrected chi connectivity index (χ2v) is 3.90. The van der Waals surface area contributed by atoms with Crippen LogP contribution in [0.2, 0.25) is 0 Å². The van der Waals surface area contributed by atoms with Gasteiger partial charge < -0.3 is 15.5 Å². The molecule has 0 aliphatic carbocycles. The highest BCUT2D eigenvalue weighted by Crippen LogP contribution is 2.05. The van der Waals surface area contributed by atoms with Crippen LogP contribution in [-0.4, -0.2) is 17.4 Å². The molecule has 1 amide bonds. The summed E-state index contributed by atoms with van der Waals surface area (Å²) in [6, 6.07) is 3.38. The molecule has 15 heavy (non-hydrogen) atoms. The number of hydrogen-bond donors (Lipinski definition) is 2. The van der Waals surface area contributed by atoms with Gasteiger partial charge in [-0.3, -0.25) is 4.79 Å². The van der Waals surface area contributed by atoms with Crippen LogP contribution in [0.3, 0.4) is 0 Å². The number of carbonyl (C=O) groups excluding carboxylic acids is 1. The Kier molecular flexibility index (Phi) is 3.85. The molecule has 5 heteroatoms. The molecule has 0 fully saturated rings. The van der Waals surface area contributed by atoms with Crippen molar-refractivity contribution < 1.29 is 9.21 Å². The maximum atomic E-state index is 11.5. The van der Waals surface area contributed by atoms with Crippen molar-refractivity contribution in [1.29, 1.82) is 0 Å². The Morgan fingerprint density at radius 3 is 2.80 bits per heavy atom. The molecule has 1 aromatic rings. The number of hydrogen-bond acceptors (Lipinski definition) is 3. The van der Waals surface area contributed by atoms with Gasteiger partial charge in [0.25, 0.3) is 5.91 Å². The zero-order valence-electron chi connectivity index (χ0n) is 8.74. The largest absolute Gasteiger partial charge is 0.456 e. The fraction of sp³-hybridized carbons (Fsp3) is 0.400. The van der Waals surface area contributed by atoms with Crippen LogP contribution in [-0.2, 0) is 0 Å². The van der Waals surface area contributed by atoms with Gasteiger partial charge in [0.1, 0.15) is 5.76 Å². The molecule has 82 valence electrons. The third-order valence-corrected chi connectivity index (χ3v) is 2.42. The normalized spacial score (nSPS) is 12.1. The Bertz CT molecular complexity index is 373. The van der Waals surface area contributed by atoms with Gasteiger partial charge in [0.15, 0.2) is 5.76 Å². The van der Waals surface area contributed by atoms with Crippen molar-refractivity contribution in [3.8, 4) is 0 Å². The van der Waals surface area contributed by atoms with E-state index in [-0.39, 0.29) is 11.8 Å². The van der Waals surface area contributed by atoms with Gasteiger partial charge >= 0.3 is 0 Å². The molecule has 1 rings (SSSR count). The minimum Gasteiger partial charge on any atom is -0.456 e. The third kappa shape index (κ3) is 3.36. The van der Waals surface area contributed by atoms with Crippen molar-refractivity contribution in [1.82, 2.24) is 5.32 Å². The highest BCUT2D eigenvalue weighted by Gasteiger charge is 2.11. The average Bonchev–Trinajstić information content (AvgIpc) is 2.60. The topological polar surface area (TPSA) is 68.3 Å². The second kappa shape index (κ2) is 4.93. The molecule has 0 aromatic carbocycles. The van der Waals surface area contributed by atoms with E-state index in [0.29, 0.717) is 23.1 Å². The molecule has 1 unspecified atom stereocenters. The van der Waals surface area contributed by atoms with E-state index in [1.54, 1.807) is 19.1 Å². The lowest BCUT2D eigenvalue weighted by molar-refractivity contribution is 0.0922. The number of amides is 1. The smallest absolute Gasteiger partial charge is 0.287 e. The maximum absolute atomic E-state index is 11.5. The first kappa shape index (κ1) is 11.7. The SMILES string of the molecule is Cc1ccc(C(=O)NCC(C)C(N)=S)o1. The monoisotopic (exact) mass is 226 g/mol. The highest BCUT2D eigenvalue weighted by atomic mass is 32.1. The van der Waals surface area contributed by atoms with Crippen LogP contribution in [0.5, 0.6) is 0 Å². The number of aryl methyl sites for hydroxylation is 1. The predicted octanol–water partition coefficient (Wildman–Crippen LogP) is 1.24. The van der Waals surface area contributed by atoms with Gasteiger partial charge in [0.05, 0.1) is 4.99 Å². The lowest BCUT2D eigenvalue weighted by Gasteiger charge is -2.09. The lowest BCUT2D eigenvalue weighted by Crippen LogP contribution is -2.33. The molecule has 1 aromatic heterocycles. The summed E-state index contributed by atoms with van der Waals surface area (Å²) < 4.78 is 5.16. The Hall–Kier alpha value is -1.36. The summed E-state index contributed by atoms with van der Waals surface area (Å²) in [5.74, 6) is 0.761. The van der Waals surface area contributed by atoms with Crippen LogP contribution in [0.15, 0.2) is 16.5 Å². The highest BCUT2D eigenvalue weighted by molar-refractivity contribution is 7.80. The Balaban J connectivity index is 2.47. The number of furan rings is 1. The summed E-state index contributed by atoms with van der Waals surface area (Å²) in [4.78, 5) is 11.9. The second-order valence-electron chi connectivity index (χ2n) is 3.42. The van der Waals surface area contributed by atoms with Crippen LogP contribution >= 0.6 is 12.2 Å². The van der Waals surface area contributed by atoms with E-state index in [1.165, 1.54) is 0 Å². The number of nitrogens with one attached hydrogen (secondary N) is 1. The van der Waals surface area contributed by atoms with Crippen molar-refractivity contribution >= 4 is 23.1 Å². The minimum absolute atomic E-state index is 0.0139. The van der Waals surface area contributed by atoms with Crippen LogP contribution in [0, 0.1) is 12.8 Å². The third-order valence-electron chi connectivity index (χ3n) is 2.02. The number of thiocarbonyl (C=S) groups is 1. The number of rotatable bonds is 4. The molecule has 3 N–H and O–H groups in total. The number of nitrogens with two attached hydrogens (primary N) is 1. The first-order valence-electron chi connectivity index (χ1n) is 4.64. The molecule has 1 atom stereocenters. The quantitative estimate of drug-likeness (QED) is 0.758. The van der Waals surface area contributed by atoms with Gasteiger partial charge in [-0.05, 0) is 19.1 Å². The van der Waals surface area contributed by atoms with E-state index in [2.05, 4.69) is 5.32 Å². The molecule has 0 spiro atoms. The zero-order chi connectivity index (χ0) is 11.4. The Morgan fingerprint density at radius 2 is 2.33 bits per heavy atom. The molecular formula is C10H14N2O2S. The van der Waals surface area contributed by atoms with Crippen LogP contribution in [0.1, 0.15) is 23.2 Å². The standard InChI is InChI=1S/C10H14N2O2S/c1-6(9(11)15)5-12-10(13)8-4-3-7(2)14-8/h3-4,6H,5H2,1-2H3,(H2,11,15)(H,12,13). The summed E-state index contributed by atoms with van der Waals surface area (Å²) >= 11 is 4.79. The van der Waals surface area contributed by atoms with Crippen LogP contribution in [0.4, 0.5) is 0 Å². The molecule has 0 bridgehead atoms. The van der Waals surface area contributed by atoms with Gasteiger partial charge in [-0.25, -0.2) is 0 Å². The Labute approximate surface area is 93.8 Å². The minimum atomic E-state index is -0.244. The Morgan fingerprint density at radius 1 is 1.67 bits per heavy atom. The molecule has 0 aliphatic heterocycles. The van der Waals surface area contributed by atoms with Crippen molar-refractivity contribution in [3.05, 3.63) is 23.7 Å². The van der Waals surface area contributed by atoms with Crippen LogP contribution < -0.4 is 11.1 Å². The fourth-order valence-electron chi connectivity index (χ4n) is 0.990. The molecule has 1 heterocycles. The molecular weight excluding hydrogens is 212 g/mol. The van der Waals surface area contributed by atoms with E-state index in [0.717, 1.165) is 0 Å². The first-order chi connectivity index (χ1) is 7.00. The molecule has 0 aliphatic rings. The average molecular weight is 226 g/mol. The van der Waals surface area contributed by atoms with E-state index in [9.17, 15) is 4.79 Å². The van der Waals surface area contributed by atoms with Gasteiger partial charge in [0.2, 0.25) is 0 Å².